The molecule has 5 nitrogen and oxygen atoms in total. The first-order valence-electron chi connectivity index (χ1n) is 23.0. The Labute approximate surface area is 365 Å². The van der Waals surface area contributed by atoms with Crippen molar-refractivity contribution in [3.05, 3.63) is 224 Å². The summed E-state index contributed by atoms with van der Waals surface area (Å²) in [5.41, 5.74) is 10.6. The molecule has 0 bridgehead atoms. The molecule has 0 amide bonds. The molecule has 0 aliphatic rings. The number of nitrogens with zero attached hydrogens (tertiary/aromatic N) is 5. The van der Waals surface area contributed by atoms with Gasteiger partial charge in [-0.2, -0.15) is 0 Å². The minimum atomic E-state index is -0.456. The highest BCUT2D eigenvalue weighted by Crippen LogP contribution is 2.41. The predicted octanol–water partition coefficient (Wildman–Crippen LogP) is 14.4. The van der Waals surface area contributed by atoms with Crippen LogP contribution in [0.15, 0.2) is 224 Å². The van der Waals surface area contributed by atoms with Crippen molar-refractivity contribution in [1.82, 2.24) is 24.1 Å². The van der Waals surface area contributed by atoms with Crippen LogP contribution in [0.3, 0.4) is 0 Å². The normalized spacial score (nSPS) is 12.7. The predicted molar refractivity (Wildman–Crippen MR) is 256 cm³/mol. The zero-order valence-corrected chi connectivity index (χ0v) is 33.2. The molecule has 0 aliphatic heterocycles. The van der Waals surface area contributed by atoms with E-state index >= 15 is 0 Å². The monoisotopic (exact) mass is 796 g/mol. The maximum Gasteiger partial charge on any atom is 0.164 e. The van der Waals surface area contributed by atoms with Crippen LogP contribution in [0.4, 0.5) is 0 Å². The molecule has 0 saturated heterocycles. The Kier molecular flexibility index (Phi) is 7.25. The minimum Gasteiger partial charge on any atom is -0.309 e. The summed E-state index contributed by atoms with van der Waals surface area (Å²) in [5.74, 6) is 1.29. The lowest BCUT2D eigenvalue weighted by molar-refractivity contribution is 1.07. The van der Waals surface area contributed by atoms with Crippen LogP contribution in [-0.4, -0.2) is 24.1 Å². The van der Waals surface area contributed by atoms with Crippen molar-refractivity contribution in [2.75, 3.05) is 0 Å². The molecule has 12 aromatic rings. The molecule has 12 rings (SSSR count). The summed E-state index contributed by atoms with van der Waals surface area (Å²) in [6.07, 6.45) is 0. The molecule has 3 heterocycles. The molecule has 0 fully saturated rings. The summed E-state index contributed by atoms with van der Waals surface area (Å²) in [7, 11) is 0. The van der Waals surface area contributed by atoms with Crippen LogP contribution in [0.1, 0.15) is 6.85 Å². The average molecular weight is 797 g/mol. The second kappa shape index (κ2) is 14.7. The standard InChI is InChI=1S/C57H37N5/c1-4-17-38(18-5-1)40-31-33-42(34-32-40)56-58-55(41-21-8-3-9-22-41)59-57(60-56)44-35-43(39-19-6-2-7-20-39)36-45(37-44)61-51-28-15-12-25-48(51)54-52(61)29-16-30-53(54)62-49-26-13-10-23-46(49)47-24-11-14-27-50(47)62/h1-37H/i2D,6D,7D,19D,20D. The van der Waals surface area contributed by atoms with E-state index in [0.29, 0.717) is 34.3 Å². The molecule has 0 aliphatic carbocycles. The van der Waals surface area contributed by atoms with Crippen LogP contribution in [0.2, 0.25) is 0 Å². The molecular weight excluding hydrogens is 755 g/mol. The van der Waals surface area contributed by atoms with Crippen LogP contribution in [0, 0.1) is 0 Å². The van der Waals surface area contributed by atoms with E-state index in [4.69, 9.17) is 21.8 Å². The van der Waals surface area contributed by atoms with Gasteiger partial charge in [0.1, 0.15) is 0 Å². The quantitative estimate of drug-likeness (QED) is 0.161. The van der Waals surface area contributed by atoms with Gasteiger partial charge in [-0.1, -0.05) is 176 Å². The molecule has 9 aromatic carbocycles. The van der Waals surface area contributed by atoms with Gasteiger partial charge in [-0.05, 0) is 70.8 Å². The summed E-state index contributed by atoms with van der Waals surface area (Å²) in [6, 6.07) is 63.5. The summed E-state index contributed by atoms with van der Waals surface area (Å²) >= 11 is 0. The summed E-state index contributed by atoms with van der Waals surface area (Å²) in [6.45, 7) is 0. The number of hydrogen-bond donors (Lipinski definition) is 0. The highest BCUT2D eigenvalue weighted by molar-refractivity contribution is 6.16. The van der Waals surface area contributed by atoms with Crippen molar-refractivity contribution >= 4 is 43.6 Å². The van der Waals surface area contributed by atoms with Crippen molar-refractivity contribution in [2.24, 2.45) is 0 Å². The second-order valence-corrected chi connectivity index (χ2v) is 15.3. The number of para-hydroxylation sites is 3. The van der Waals surface area contributed by atoms with E-state index in [1.165, 1.54) is 0 Å². The van der Waals surface area contributed by atoms with Crippen LogP contribution in [0.25, 0.3) is 111 Å². The topological polar surface area (TPSA) is 48.5 Å². The molecule has 0 N–H and O–H groups in total. The lowest BCUT2D eigenvalue weighted by Crippen LogP contribution is -2.02. The number of benzene rings is 9. The zero-order chi connectivity index (χ0) is 45.3. The van der Waals surface area contributed by atoms with Gasteiger partial charge in [0, 0.05) is 43.9 Å². The van der Waals surface area contributed by atoms with E-state index in [9.17, 15) is 0 Å². The molecule has 62 heavy (non-hydrogen) atoms. The van der Waals surface area contributed by atoms with Gasteiger partial charge in [-0.3, -0.25) is 0 Å². The fourth-order valence-corrected chi connectivity index (χ4v) is 8.85. The Morgan fingerprint density at radius 2 is 0.790 bits per heavy atom. The molecule has 290 valence electrons. The first-order valence-corrected chi connectivity index (χ1v) is 20.5. The lowest BCUT2D eigenvalue weighted by Gasteiger charge is -2.15. The van der Waals surface area contributed by atoms with Gasteiger partial charge in [0.2, 0.25) is 0 Å². The third-order valence-corrected chi connectivity index (χ3v) is 11.6. The third kappa shape index (κ3) is 5.98. The molecule has 0 unspecified atom stereocenters. The maximum absolute atomic E-state index is 9.14. The van der Waals surface area contributed by atoms with Crippen molar-refractivity contribution in [3.8, 4) is 67.8 Å². The van der Waals surface area contributed by atoms with Crippen LogP contribution < -0.4 is 0 Å². The van der Waals surface area contributed by atoms with E-state index in [-0.39, 0.29) is 17.6 Å². The Morgan fingerprint density at radius 3 is 1.44 bits per heavy atom. The molecule has 0 atom stereocenters. The van der Waals surface area contributed by atoms with Gasteiger partial charge in [-0.25, -0.2) is 15.0 Å². The number of rotatable bonds is 7. The number of aromatic nitrogens is 5. The van der Waals surface area contributed by atoms with Gasteiger partial charge >= 0.3 is 0 Å². The molecule has 0 radical (unpaired) electrons. The first-order chi connectivity index (χ1) is 32.8. The Balaban J connectivity index is 1.14. The van der Waals surface area contributed by atoms with Crippen molar-refractivity contribution < 1.29 is 6.85 Å². The Hall–Kier alpha value is -8.41. The molecule has 0 spiro atoms. The smallest absolute Gasteiger partial charge is 0.164 e. The highest BCUT2D eigenvalue weighted by Gasteiger charge is 2.21. The SMILES string of the molecule is [2H]c1c([2H])c([2H])c(-c2cc(-c3nc(-c4ccccc4)nc(-c4ccc(-c5ccccc5)cc4)n3)cc(-n3c4ccccc4c4c(-n5c6ccccc6c6ccccc65)cccc43)c2)c([2H])c1[2H]. The van der Waals surface area contributed by atoms with Crippen LogP contribution in [-0.2, 0) is 0 Å². The molecule has 3 aromatic heterocycles. The highest BCUT2D eigenvalue weighted by atomic mass is 15.0. The largest absolute Gasteiger partial charge is 0.309 e. The zero-order valence-electron chi connectivity index (χ0n) is 38.2. The fourth-order valence-electron chi connectivity index (χ4n) is 8.85. The van der Waals surface area contributed by atoms with Gasteiger partial charge < -0.3 is 9.13 Å². The van der Waals surface area contributed by atoms with Gasteiger partial charge in [0.25, 0.3) is 0 Å². The summed E-state index contributed by atoms with van der Waals surface area (Å²) < 4.78 is 48.6. The maximum atomic E-state index is 9.14. The van der Waals surface area contributed by atoms with Gasteiger partial charge in [0.15, 0.2) is 17.5 Å². The van der Waals surface area contributed by atoms with E-state index < -0.39 is 18.1 Å². The number of hydrogen-bond acceptors (Lipinski definition) is 3. The van der Waals surface area contributed by atoms with E-state index in [0.717, 1.165) is 71.6 Å². The minimum absolute atomic E-state index is 0.0786. The Morgan fingerprint density at radius 1 is 0.323 bits per heavy atom. The second-order valence-electron chi connectivity index (χ2n) is 15.3. The van der Waals surface area contributed by atoms with Gasteiger partial charge in [0.05, 0.1) is 34.6 Å². The van der Waals surface area contributed by atoms with E-state index in [1.807, 2.05) is 91.0 Å². The fraction of sp³-hybridized carbons (Fsp3) is 0. The third-order valence-electron chi connectivity index (χ3n) is 11.6. The number of fused-ring (bicyclic) bond motifs is 6. The van der Waals surface area contributed by atoms with E-state index in [2.05, 4.69) is 112 Å². The average Bonchev–Trinajstić information content (AvgIpc) is 3.91. The molecule has 0 saturated carbocycles. The first kappa shape index (κ1) is 30.6. The molecular formula is C57H37N5. The van der Waals surface area contributed by atoms with Crippen molar-refractivity contribution in [2.45, 2.75) is 0 Å². The van der Waals surface area contributed by atoms with Crippen molar-refractivity contribution in [1.29, 1.82) is 0 Å². The van der Waals surface area contributed by atoms with Crippen molar-refractivity contribution in [3.63, 3.8) is 0 Å². The molecule has 5 heteroatoms. The Bertz CT molecular complexity index is 3840. The van der Waals surface area contributed by atoms with E-state index in [1.54, 1.807) is 0 Å². The van der Waals surface area contributed by atoms with Gasteiger partial charge in [-0.15, -0.1) is 0 Å². The van der Waals surface area contributed by atoms with Crippen LogP contribution >= 0.6 is 0 Å². The summed E-state index contributed by atoms with van der Waals surface area (Å²) in [5, 5.41) is 4.38. The van der Waals surface area contributed by atoms with Crippen LogP contribution in [0.5, 0.6) is 0 Å². The lowest BCUT2D eigenvalue weighted by atomic mass is 10.0. The summed E-state index contributed by atoms with van der Waals surface area (Å²) in [4.78, 5) is 15.3.